The van der Waals surface area contributed by atoms with Gasteiger partial charge >= 0.3 is 0 Å². The fourth-order valence-corrected chi connectivity index (χ4v) is 2.02. The van der Waals surface area contributed by atoms with Crippen LogP contribution in [0.25, 0.3) is 0 Å². The van der Waals surface area contributed by atoms with Gasteiger partial charge in [-0.25, -0.2) is 4.39 Å². The molecule has 21 heavy (non-hydrogen) atoms. The average Bonchev–Trinajstić information content (AvgIpc) is 2.53. The molecule has 0 heterocycles. The van der Waals surface area contributed by atoms with Crippen LogP contribution in [0, 0.1) is 17.1 Å². The maximum atomic E-state index is 13.9. The zero-order valence-electron chi connectivity index (χ0n) is 11.4. The summed E-state index contributed by atoms with van der Waals surface area (Å²) in [5.74, 6) is 0.809. The predicted molar refractivity (Wildman–Crippen MR) is 78.0 cm³/mol. The summed E-state index contributed by atoms with van der Waals surface area (Å²) in [6.45, 7) is 0.00342. The van der Waals surface area contributed by atoms with Gasteiger partial charge in [-0.1, -0.05) is 18.2 Å². The van der Waals surface area contributed by atoms with Gasteiger partial charge in [0.1, 0.15) is 18.5 Å². The number of ether oxygens (including phenoxy) is 2. The van der Waals surface area contributed by atoms with Crippen molar-refractivity contribution in [2.75, 3.05) is 7.11 Å². The van der Waals surface area contributed by atoms with Gasteiger partial charge in [0, 0.05) is 11.4 Å². The lowest BCUT2D eigenvalue weighted by atomic mass is 10.1. The Hall–Kier alpha value is -2.25. The van der Waals surface area contributed by atoms with Crippen molar-refractivity contribution in [3.8, 4) is 17.6 Å². The molecule has 0 aliphatic heterocycles. The highest BCUT2D eigenvalue weighted by Crippen LogP contribution is 2.29. The van der Waals surface area contributed by atoms with Gasteiger partial charge in [0.2, 0.25) is 0 Å². The fraction of sp³-hybridized carbons (Fsp3) is 0.188. The largest absolute Gasteiger partial charge is 0.493 e. The van der Waals surface area contributed by atoms with Crippen molar-refractivity contribution in [3.05, 3.63) is 58.9 Å². The van der Waals surface area contributed by atoms with Crippen LogP contribution in [-0.4, -0.2) is 7.11 Å². The quantitative estimate of drug-likeness (QED) is 0.783. The van der Waals surface area contributed by atoms with Gasteiger partial charge in [-0.05, 0) is 23.8 Å². The minimum atomic E-state index is -0.563. The second kappa shape index (κ2) is 6.96. The number of alkyl halides is 1. The molecule has 2 aromatic carbocycles. The lowest BCUT2D eigenvalue weighted by molar-refractivity contribution is 0.279. The Kier molecular flexibility index (Phi) is 5.02. The third kappa shape index (κ3) is 3.45. The van der Waals surface area contributed by atoms with Crippen molar-refractivity contribution in [2.45, 2.75) is 12.5 Å². The van der Waals surface area contributed by atoms with Crippen molar-refractivity contribution in [3.63, 3.8) is 0 Å². The summed E-state index contributed by atoms with van der Waals surface area (Å²) in [7, 11) is 1.53. The van der Waals surface area contributed by atoms with Crippen LogP contribution in [0.1, 0.15) is 16.7 Å². The molecular weight excluding hydrogens is 293 g/mol. The molecular formula is C16H13ClFNO2. The van der Waals surface area contributed by atoms with Gasteiger partial charge in [0.05, 0.1) is 12.7 Å². The van der Waals surface area contributed by atoms with E-state index in [2.05, 4.69) is 0 Å². The summed E-state index contributed by atoms with van der Waals surface area (Å²) in [5, 5.41) is 8.81. The Labute approximate surface area is 127 Å². The number of hydrogen-bond acceptors (Lipinski definition) is 3. The predicted octanol–water partition coefficient (Wildman–Crippen LogP) is 4.02. The van der Waals surface area contributed by atoms with Gasteiger partial charge in [-0.3, -0.25) is 0 Å². The molecule has 108 valence electrons. The van der Waals surface area contributed by atoms with Crippen LogP contribution in [0.5, 0.6) is 11.5 Å². The molecule has 0 aliphatic rings. The maximum Gasteiger partial charge on any atom is 0.161 e. The number of nitrogens with zero attached hydrogens (tertiary/aromatic N) is 1. The summed E-state index contributed by atoms with van der Waals surface area (Å²) in [6.07, 6.45) is 0. The van der Waals surface area contributed by atoms with Crippen LogP contribution in [0.15, 0.2) is 36.4 Å². The van der Waals surface area contributed by atoms with Gasteiger partial charge in [-0.15, -0.1) is 11.6 Å². The van der Waals surface area contributed by atoms with Crippen molar-refractivity contribution in [2.24, 2.45) is 0 Å². The third-order valence-electron chi connectivity index (χ3n) is 2.96. The van der Waals surface area contributed by atoms with E-state index >= 15 is 0 Å². The first-order chi connectivity index (χ1) is 10.2. The molecule has 0 unspecified atom stereocenters. The highest BCUT2D eigenvalue weighted by atomic mass is 35.5. The Morgan fingerprint density at radius 2 is 2.05 bits per heavy atom. The zero-order chi connectivity index (χ0) is 15.2. The van der Waals surface area contributed by atoms with E-state index in [4.69, 9.17) is 26.3 Å². The van der Waals surface area contributed by atoms with E-state index in [1.165, 1.54) is 13.2 Å². The van der Waals surface area contributed by atoms with Gasteiger partial charge in [0.25, 0.3) is 0 Å². The van der Waals surface area contributed by atoms with Crippen LogP contribution in [0.2, 0.25) is 0 Å². The molecule has 2 rings (SSSR count). The normalized spacial score (nSPS) is 10.0. The highest BCUT2D eigenvalue weighted by molar-refractivity contribution is 6.17. The molecule has 0 aromatic heterocycles. The molecule has 0 fully saturated rings. The second-order valence-electron chi connectivity index (χ2n) is 4.30. The minimum absolute atomic E-state index is 0.00225. The molecule has 0 saturated carbocycles. The lowest BCUT2D eigenvalue weighted by Gasteiger charge is -2.12. The summed E-state index contributed by atoms with van der Waals surface area (Å²) in [6, 6.07) is 11.7. The molecule has 2 aromatic rings. The topological polar surface area (TPSA) is 42.2 Å². The number of hydrogen-bond donors (Lipinski definition) is 0. The van der Waals surface area contributed by atoms with Crippen molar-refractivity contribution >= 4 is 11.6 Å². The molecule has 5 heteroatoms. The lowest BCUT2D eigenvalue weighted by Crippen LogP contribution is -2.02. The first-order valence-electron chi connectivity index (χ1n) is 6.22. The summed E-state index contributed by atoms with van der Waals surface area (Å²) in [4.78, 5) is 0. The van der Waals surface area contributed by atoms with E-state index in [9.17, 15) is 4.39 Å². The summed E-state index contributed by atoms with van der Waals surface area (Å²) >= 11 is 5.78. The van der Waals surface area contributed by atoms with Crippen LogP contribution in [0.4, 0.5) is 4.39 Å². The molecule has 3 nitrogen and oxygen atoms in total. The standard InChI is InChI=1S/C16H13ClFNO2/c1-20-14-6-5-11(8-17)7-15(14)21-10-13-4-2-3-12(9-19)16(13)18/h2-7H,8,10H2,1H3. The smallest absolute Gasteiger partial charge is 0.161 e. The Morgan fingerprint density at radius 3 is 2.71 bits per heavy atom. The van der Waals surface area contributed by atoms with Crippen LogP contribution in [0.3, 0.4) is 0 Å². The van der Waals surface area contributed by atoms with Gasteiger partial charge < -0.3 is 9.47 Å². The maximum absolute atomic E-state index is 13.9. The molecule has 0 amide bonds. The van der Waals surface area contributed by atoms with Crippen LogP contribution < -0.4 is 9.47 Å². The summed E-state index contributed by atoms with van der Waals surface area (Å²) < 4.78 is 24.7. The van der Waals surface area contributed by atoms with Crippen molar-refractivity contribution in [1.82, 2.24) is 0 Å². The summed E-state index contributed by atoms with van der Waals surface area (Å²) in [5.41, 5.74) is 1.18. The van der Waals surface area contributed by atoms with E-state index in [0.29, 0.717) is 22.9 Å². The van der Waals surface area contributed by atoms with Crippen LogP contribution >= 0.6 is 11.6 Å². The van der Waals surface area contributed by atoms with Gasteiger partial charge in [-0.2, -0.15) is 5.26 Å². The number of halogens is 2. The molecule has 0 bridgehead atoms. The number of benzene rings is 2. The number of methoxy groups -OCH3 is 1. The number of nitriles is 1. The molecule has 0 aliphatic carbocycles. The van der Waals surface area contributed by atoms with E-state index in [1.807, 2.05) is 6.07 Å². The van der Waals surface area contributed by atoms with E-state index in [-0.39, 0.29) is 12.2 Å². The number of rotatable bonds is 5. The van der Waals surface area contributed by atoms with E-state index in [0.717, 1.165) is 5.56 Å². The average molecular weight is 306 g/mol. The first-order valence-corrected chi connectivity index (χ1v) is 6.76. The Balaban J connectivity index is 2.22. The molecule has 0 saturated heterocycles. The molecule has 0 spiro atoms. The van der Waals surface area contributed by atoms with Crippen molar-refractivity contribution in [1.29, 1.82) is 5.26 Å². The van der Waals surface area contributed by atoms with Crippen LogP contribution in [-0.2, 0) is 12.5 Å². The minimum Gasteiger partial charge on any atom is -0.493 e. The third-order valence-corrected chi connectivity index (χ3v) is 3.27. The molecule has 0 atom stereocenters. The monoisotopic (exact) mass is 305 g/mol. The zero-order valence-corrected chi connectivity index (χ0v) is 12.2. The SMILES string of the molecule is COc1ccc(CCl)cc1OCc1cccc(C#N)c1F. The van der Waals surface area contributed by atoms with E-state index in [1.54, 1.807) is 30.3 Å². The molecule has 0 N–H and O–H groups in total. The van der Waals surface area contributed by atoms with E-state index < -0.39 is 5.82 Å². The Morgan fingerprint density at radius 1 is 1.24 bits per heavy atom. The highest BCUT2D eigenvalue weighted by Gasteiger charge is 2.10. The van der Waals surface area contributed by atoms with Crippen molar-refractivity contribution < 1.29 is 13.9 Å². The molecule has 0 radical (unpaired) electrons. The second-order valence-corrected chi connectivity index (χ2v) is 4.57. The first kappa shape index (κ1) is 15.1. The Bertz CT molecular complexity index is 682. The van der Waals surface area contributed by atoms with Gasteiger partial charge in [0.15, 0.2) is 11.5 Å². The fourth-order valence-electron chi connectivity index (χ4n) is 1.85.